The minimum Gasteiger partial charge on any atom is -0.459 e. The summed E-state index contributed by atoms with van der Waals surface area (Å²) in [6, 6.07) is -0.845. The highest BCUT2D eigenvalue weighted by Gasteiger charge is 2.41. The molecule has 1 fully saturated rings. The van der Waals surface area contributed by atoms with Crippen molar-refractivity contribution in [2.24, 2.45) is 5.11 Å². The maximum Gasteiger partial charge on any atom is 0.488 e. The van der Waals surface area contributed by atoms with Crippen LogP contribution in [0, 0.1) is 0 Å². The average molecular weight is 463 g/mol. The van der Waals surface area contributed by atoms with Gasteiger partial charge >= 0.3 is 29.2 Å². The van der Waals surface area contributed by atoms with E-state index >= 15 is 0 Å². The molecule has 0 saturated carbocycles. The minimum atomic E-state index is -5.40. The lowest BCUT2D eigenvalue weighted by Crippen LogP contribution is -2.31. The zero-order valence-corrected chi connectivity index (χ0v) is 17.0. The zero-order chi connectivity index (χ0) is 21.6. The van der Waals surface area contributed by atoms with E-state index in [1.165, 1.54) is 0 Å². The lowest BCUT2D eigenvalue weighted by molar-refractivity contribution is -0.152. The minimum absolute atomic E-state index is 0.0654. The fourth-order valence-corrected chi connectivity index (χ4v) is 5.57. The van der Waals surface area contributed by atoms with E-state index in [0.717, 1.165) is 6.66 Å². The Kier molecular flexibility index (Phi) is 9.33. The van der Waals surface area contributed by atoms with Gasteiger partial charge in [0.25, 0.3) is 0 Å². The van der Waals surface area contributed by atoms with E-state index in [4.69, 9.17) is 37.2 Å². The molecule has 1 saturated heterocycles. The number of carbonyl (C=O) groups is 1. The summed E-state index contributed by atoms with van der Waals surface area (Å²) < 4.78 is 57.0. The molecule has 2 radical (unpaired) electrons. The van der Waals surface area contributed by atoms with Crippen molar-refractivity contribution in [1.29, 1.82) is 0 Å². The third-order valence-electron chi connectivity index (χ3n) is 2.93. The van der Waals surface area contributed by atoms with Gasteiger partial charge in [0.05, 0.1) is 13.0 Å². The van der Waals surface area contributed by atoms with E-state index in [9.17, 15) is 23.4 Å². The van der Waals surface area contributed by atoms with Gasteiger partial charge in [0, 0.05) is 30.5 Å². The number of nitrogens with zero attached hydrogens (tertiary/aromatic N) is 3. The predicted molar refractivity (Wildman–Crippen MR) is 91.1 cm³/mol. The zero-order valence-electron chi connectivity index (χ0n) is 14.3. The highest BCUT2D eigenvalue weighted by molar-refractivity contribution is 7.68. The van der Waals surface area contributed by atoms with Crippen LogP contribution in [0.25, 0.3) is 10.4 Å². The van der Waals surface area contributed by atoms with Gasteiger partial charge in [-0.2, -0.15) is 4.31 Å². The van der Waals surface area contributed by atoms with E-state index in [0.29, 0.717) is 0 Å². The summed E-state index contributed by atoms with van der Waals surface area (Å²) in [7, 11) is -9.56. The quantitative estimate of drug-likeness (QED) is 0.0973. The molecule has 0 aromatic rings. The topological polar surface area (TPSA) is 224 Å². The number of ether oxygens (including phenoxy) is 2. The van der Waals surface area contributed by atoms with Gasteiger partial charge in [-0.1, -0.05) is 5.11 Å². The van der Waals surface area contributed by atoms with E-state index in [-0.39, 0.29) is 19.4 Å². The van der Waals surface area contributed by atoms with Gasteiger partial charge in [-0.05, 0) is 5.53 Å². The predicted octanol–water partition coefficient (Wildman–Crippen LogP) is 0.948. The van der Waals surface area contributed by atoms with Crippen LogP contribution < -0.4 is 0 Å². The summed E-state index contributed by atoms with van der Waals surface area (Å²) in [5, 5.41) is 3.18. The Morgan fingerprint density at radius 3 is 2.54 bits per heavy atom. The highest BCUT2D eigenvalue weighted by Crippen LogP contribution is 2.66. The second kappa shape index (κ2) is 10.3. The van der Waals surface area contributed by atoms with Gasteiger partial charge < -0.3 is 28.7 Å². The standard InChI is InChI=1S/C9H17BN3O12P3/c1-26(15,24-28(19,20)25-27(16,17)18)21-5-7-6(4-8(10)22-7)23-9(14)2-3-12-13-11/h6-8H,2-5H2,1H3,(H,19,20)(H2,16,17,18)/t6?,7-,8-,26?/m1/s1. The van der Waals surface area contributed by atoms with Crippen LogP contribution >= 0.6 is 23.2 Å². The maximum absolute atomic E-state index is 12.1. The van der Waals surface area contributed by atoms with Crippen molar-refractivity contribution < 1.29 is 55.8 Å². The molecule has 0 amide bonds. The number of phosphoric acid groups is 2. The van der Waals surface area contributed by atoms with Crippen molar-refractivity contribution in [3.63, 3.8) is 0 Å². The molecule has 15 nitrogen and oxygen atoms in total. The summed E-state index contributed by atoms with van der Waals surface area (Å²) in [6.45, 7) is 0.0554. The number of rotatable bonds is 11. The van der Waals surface area contributed by atoms with Crippen molar-refractivity contribution in [2.75, 3.05) is 19.8 Å². The number of hydrogen-bond acceptors (Lipinski definition) is 10. The second-order valence-electron chi connectivity index (χ2n) is 5.37. The van der Waals surface area contributed by atoms with Crippen LogP contribution in [0.2, 0.25) is 0 Å². The van der Waals surface area contributed by atoms with E-state index < -0.39 is 54.0 Å². The van der Waals surface area contributed by atoms with Crippen LogP contribution in [-0.2, 0) is 41.1 Å². The molecule has 5 atom stereocenters. The first kappa shape index (κ1) is 25.3. The van der Waals surface area contributed by atoms with Crippen molar-refractivity contribution in [2.45, 2.75) is 31.1 Å². The third kappa shape index (κ3) is 10.2. The molecule has 0 aromatic carbocycles. The molecule has 3 N–H and O–H groups in total. The van der Waals surface area contributed by atoms with Crippen molar-refractivity contribution in [1.82, 2.24) is 0 Å². The summed E-state index contributed by atoms with van der Waals surface area (Å²) in [5.41, 5.74) is 8.15. The summed E-state index contributed by atoms with van der Waals surface area (Å²) in [5.74, 6) is -0.717. The first-order valence-electron chi connectivity index (χ1n) is 7.37. The number of carbonyl (C=O) groups excluding carboxylic acids is 1. The monoisotopic (exact) mass is 463 g/mol. The van der Waals surface area contributed by atoms with Gasteiger partial charge in [-0.3, -0.25) is 9.36 Å². The Bertz CT molecular complexity index is 754. The Morgan fingerprint density at radius 1 is 1.32 bits per heavy atom. The molecule has 1 aliphatic heterocycles. The van der Waals surface area contributed by atoms with Gasteiger partial charge in [0.15, 0.2) is 0 Å². The van der Waals surface area contributed by atoms with Crippen LogP contribution in [-0.4, -0.2) is 66.5 Å². The van der Waals surface area contributed by atoms with Gasteiger partial charge in [-0.25, -0.2) is 13.4 Å². The molecule has 0 aliphatic carbocycles. The molecule has 3 unspecified atom stereocenters. The van der Waals surface area contributed by atoms with Gasteiger partial charge in [0.1, 0.15) is 20.1 Å². The second-order valence-corrected chi connectivity index (χ2v) is 10.4. The molecule has 1 aliphatic rings. The Hall–Kier alpha value is -0.745. The first-order chi connectivity index (χ1) is 12.7. The molecule has 1 rings (SSSR count). The SMILES string of the molecule is [B][C@H]1CC(OC(=O)CCN=[N+]=[N-])[C@@H](COP(C)(=O)OP(=O)(O)OP(=O)(O)O)O1. The molecular formula is C9H17BN3O12P3. The number of hydrogen-bond donors (Lipinski definition) is 3. The molecule has 28 heavy (non-hydrogen) atoms. The number of azide groups is 1. The Morgan fingerprint density at radius 2 is 1.96 bits per heavy atom. The van der Waals surface area contributed by atoms with Crippen LogP contribution in [0.5, 0.6) is 0 Å². The van der Waals surface area contributed by atoms with E-state index in [1.54, 1.807) is 0 Å². The van der Waals surface area contributed by atoms with Crippen molar-refractivity contribution >= 4 is 37.1 Å². The molecule has 0 aromatic heterocycles. The number of esters is 1. The van der Waals surface area contributed by atoms with Crippen molar-refractivity contribution in [3.8, 4) is 0 Å². The van der Waals surface area contributed by atoms with Gasteiger partial charge in [0.2, 0.25) is 0 Å². The molecule has 19 heteroatoms. The molecule has 1 heterocycles. The van der Waals surface area contributed by atoms with E-state index in [2.05, 4.69) is 18.6 Å². The largest absolute Gasteiger partial charge is 0.488 e. The fraction of sp³-hybridized carbons (Fsp3) is 0.889. The lowest BCUT2D eigenvalue weighted by atomic mass is 9.96. The fourth-order valence-electron chi connectivity index (χ4n) is 2.00. The highest BCUT2D eigenvalue weighted by atomic mass is 31.3. The summed E-state index contributed by atoms with van der Waals surface area (Å²) in [6.07, 6.45) is -2.07. The normalized spacial score (nSPS) is 26.6. The van der Waals surface area contributed by atoms with Crippen LogP contribution in [0.15, 0.2) is 5.11 Å². The van der Waals surface area contributed by atoms with Gasteiger partial charge in [-0.15, -0.1) is 0 Å². The van der Waals surface area contributed by atoms with Crippen LogP contribution in [0.4, 0.5) is 0 Å². The average Bonchev–Trinajstić information content (AvgIpc) is 2.81. The molecular weight excluding hydrogens is 446 g/mol. The van der Waals surface area contributed by atoms with Crippen LogP contribution in [0.1, 0.15) is 12.8 Å². The first-order valence-corrected chi connectivity index (χ1v) is 12.4. The third-order valence-corrected chi connectivity index (χ3v) is 7.23. The van der Waals surface area contributed by atoms with E-state index in [1.807, 2.05) is 0 Å². The molecule has 0 bridgehead atoms. The smallest absolute Gasteiger partial charge is 0.459 e. The summed E-state index contributed by atoms with van der Waals surface area (Å²) >= 11 is 0. The Balaban J connectivity index is 2.63. The Labute approximate surface area is 160 Å². The molecule has 158 valence electrons. The molecule has 0 spiro atoms. The lowest BCUT2D eigenvalue weighted by Gasteiger charge is -2.22. The van der Waals surface area contributed by atoms with Crippen LogP contribution in [0.3, 0.4) is 0 Å². The maximum atomic E-state index is 12.1. The summed E-state index contributed by atoms with van der Waals surface area (Å²) in [4.78, 5) is 40.4. The van der Waals surface area contributed by atoms with Crippen molar-refractivity contribution in [3.05, 3.63) is 10.4 Å².